The molecule has 0 spiro atoms. The van der Waals surface area contributed by atoms with Crippen LogP contribution >= 0.6 is 23.2 Å². The standard InChI is InChI=1S/C19H20Cl2N4O4S/c1-3-24(12(2)26)15-8-13(20)7-14(9-15)23-19(27)16-10-18(22-11-17(16)21)25-5-4-6-30(25,28)29/h7-11H,3-6H2,1-2H3,(H,23,27). The molecule has 2 amide bonds. The van der Waals surface area contributed by atoms with Crippen LogP contribution < -0.4 is 14.5 Å². The Morgan fingerprint density at radius 1 is 1.23 bits per heavy atom. The number of carbonyl (C=O) groups is 2. The number of pyridine rings is 1. The highest BCUT2D eigenvalue weighted by molar-refractivity contribution is 7.93. The van der Waals surface area contributed by atoms with Crippen molar-refractivity contribution in [2.45, 2.75) is 20.3 Å². The van der Waals surface area contributed by atoms with Crippen LogP contribution in [0, 0.1) is 0 Å². The lowest BCUT2D eigenvalue weighted by Crippen LogP contribution is -2.28. The SMILES string of the molecule is CCN(C(C)=O)c1cc(Cl)cc(NC(=O)c2cc(N3CCCS3(=O)=O)ncc2Cl)c1. The van der Waals surface area contributed by atoms with Crippen molar-refractivity contribution in [3.05, 3.63) is 46.1 Å². The van der Waals surface area contributed by atoms with Crippen LogP contribution in [0.3, 0.4) is 0 Å². The van der Waals surface area contributed by atoms with Gasteiger partial charge < -0.3 is 10.2 Å². The second-order valence-electron chi connectivity index (χ2n) is 6.68. The van der Waals surface area contributed by atoms with E-state index in [1.54, 1.807) is 12.1 Å². The molecule has 11 heteroatoms. The van der Waals surface area contributed by atoms with E-state index in [2.05, 4.69) is 10.3 Å². The van der Waals surface area contributed by atoms with Gasteiger partial charge in [0.1, 0.15) is 5.82 Å². The molecule has 3 rings (SSSR count). The number of sulfonamides is 1. The predicted octanol–water partition coefficient (Wildman–Crippen LogP) is 3.55. The number of hydrogen-bond donors (Lipinski definition) is 1. The topological polar surface area (TPSA) is 99.7 Å². The summed E-state index contributed by atoms with van der Waals surface area (Å²) in [6.07, 6.45) is 1.74. The lowest BCUT2D eigenvalue weighted by molar-refractivity contribution is -0.116. The molecule has 0 saturated carbocycles. The van der Waals surface area contributed by atoms with E-state index in [1.807, 2.05) is 6.92 Å². The highest BCUT2D eigenvalue weighted by Gasteiger charge is 2.30. The number of carbonyl (C=O) groups excluding carboxylic acids is 2. The summed E-state index contributed by atoms with van der Waals surface area (Å²) in [4.78, 5) is 30.2. The first kappa shape index (κ1) is 22.3. The summed E-state index contributed by atoms with van der Waals surface area (Å²) >= 11 is 12.3. The summed E-state index contributed by atoms with van der Waals surface area (Å²) in [5.41, 5.74) is 0.979. The molecule has 8 nitrogen and oxygen atoms in total. The van der Waals surface area contributed by atoms with Gasteiger partial charge in [-0.05, 0) is 37.6 Å². The molecule has 1 fully saturated rings. The van der Waals surface area contributed by atoms with Crippen LogP contribution in [0.2, 0.25) is 10.0 Å². The molecule has 1 aromatic heterocycles. The Morgan fingerprint density at radius 3 is 2.57 bits per heavy atom. The highest BCUT2D eigenvalue weighted by Crippen LogP contribution is 2.29. The number of halogens is 2. The first-order valence-corrected chi connectivity index (χ1v) is 11.5. The van der Waals surface area contributed by atoms with Gasteiger partial charge >= 0.3 is 0 Å². The van der Waals surface area contributed by atoms with Gasteiger partial charge in [-0.2, -0.15) is 0 Å². The van der Waals surface area contributed by atoms with Gasteiger partial charge in [-0.1, -0.05) is 23.2 Å². The monoisotopic (exact) mass is 470 g/mol. The van der Waals surface area contributed by atoms with E-state index in [1.165, 1.54) is 34.5 Å². The largest absolute Gasteiger partial charge is 0.322 e. The molecule has 2 aromatic rings. The first-order valence-electron chi connectivity index (χ1n) is 9.18. The molecule has 0 unspecified atom stereocenters. The van der Waals surface area contributed by atoms with Gasteiger partial charge in [-0.15, -0.1) is 0 Å². The van der Waals surface area contributed by atoms with Crippen LogP contribution in [0.4, 0.5) is 17.2 Å². The zero-order valence-corrected chi connectivity index (χ0v) is 18.7. The molecule has 1 aromatic carbocycles. The van der Waals surface area contributed by atoms with Crippen molar-refractivity contribution in [3.63, 3.8) is 0 Å². The number of anilines is 3. The van der Waals surface area contributed by atoms with Gasteiger partial charge in [0.15, 0.2) is 0 Å². The van der Waals surface area contributed by atoms with E-state index in [-0.39, 0.29) is 28.1 Å². The Labute approximate surface area is 184 Å². The van der Waals surface area contributed by atoms with Crippen LogP contribution in [0.1, 0.15) is 30.6 Å². The molecule has 0 radical (unpaired) electrons. The number of aromatic nitrogens is 1. The third-order valence-electron chi connectivity index (χ3n) is 4.59. The van der Waals surface area contributed by atoms with E-state index < -0.39 is 15.9 Å². The number of hydrogen-bond acceptors (Lipinski definition) is 5. The molecule has 160 valence electrons. The van der Waals surface area contributed by atoms with Crippen LogP contribution in [0.5, 0.6) is 0 Å². The van der Waals surface area contributed by atoms with E-state index in [0.29, 0.717) is 35.9 Å². The molecule has 1 N–H and O–H groups in total. The normalized spacial score (nSPS) is 15.1. The minimum absolute atomic E-state index is 0.0359. The number of benzene rings is 1. The molecular weight excluding hydrogens is 451 g/mol. The second kappa shape index (κ2) is 8.79. The van der Waals surface area contributed by atoms with E-state index >= 15 is 0 Å². The van der Waals surface area contributed by atoms with E-state index in [0.717, 1.165) is 0 Å². The summed E-state index contributed by atoms with van der Waals surface area (Å²) in [7, 11) is -3.45. The summed E-state index contributed by atoms with van der Waals surface area (Å²) in [5.74, 6) is -0.540. The van der Waals surface area contributed by atoms with Crippen LogP contribution in [-0.2, 0) is 14.8 Å². The van der Waals surface area contributed by atoms with E-state index in [9.17, 15) is 18.0 Å². The second-order valence-corrected chi connectivity index (χ2v) is 9.54. The maximum absolute atomic E-state index is 12.8. The Bertz CT molecular complexity index is 1110. The fourth-order valence-electron chi connectivity index (χ4n) is 3.22. The van der Waals surface area contributed by atoms with Gasteiger partial charge in [0.05, 0.1) is 16.3 Å². The van der Waals surface area contributed by atoms with Crippen LogP contribution in [0.15, 0.2) is 30.5 Å². The first-order chi connectivity index (χ1) is 14.1. The van der Waals surface area contributed by atoms with Crippen molar-refractivity contribution in [3.8, 4) is 0 Å². The Morgan fingerprint density at radius 2 is 1.97 bits per heavy atom. The average Bonchev–Trinajstić information content (AvgIpc) is 3.01. The lowest BCUT2D eigenvalue weighted by atomic mass is 10.2. The van der Waals surface area contributed by atoms with Crippen molar-refractivity contribution in [1.82, 2.24) is 4.98 Å². The van der Waals surface area contributed by atoms with Crippen LogP contribution in [0.25, 0.3) is 0 Å². The summed E-state index contributed by atoms with van der Waals surface area (Å²) in [6.45, 7) is 4.00. The zero-order valence-electron chi connectivity index (χ0n) is 16.4. The lowest BCUT2D eigenvalue weighted by Gasteiger charge is -2.20. The smallest absolute Gasteiger partial charge is 0.257 e. The number of nitrogens with one attached hydrogen (secondary N) is 1. The van der Waals surface area contributed by atoms with Gasteiger partial charge in [0, 0.05) is 42.6 Å². The molecule has 2 heterocycles. The van der Waals surface area contributed by atoms with Crippen LogP contribution in [-0.4, -0.2) is 44.1 Å². The molecular formula is C19H20Cl2N4O4S. The Balaban J connectivity index is 1.90. The maximum Gasteiger partial charge on any atom is 0.257 e. The van der Waals surface area contributed by atoms with Crippen molar-refractivity contribution in [2.75, 3.05) is 33.4 Å². The van der Waals surface area contributed by atoms with Gasteiger partial charge in [-0.25, -0.2) is 13.4 Å². The van der Waals surface area contributed by atoms with Crippen molar-refractivity contribution >= 4 is 62.2 Å². The van der Waals surface area contributed by atoms with Crippen molar-refractivity contribution < 1.29 is 18.0 Å². The Kier molecular flexibility index (Phi) is 6.54. The molecule has 1 aliphatic rings. The van der Waals surface area contributed by atoms with Crippen molar-refractivity contribution in [1.29, 1.82) is 0 Å². The summed E-state index contributed by atoms with van der Waals surface area (Å²) in [5, 5.41) is 3.11. The van der Waals surface area contributed by atoms with Gasteiger partial charge in [-0.3, -0.25) is 13.9 Å². The molecule has 30 heavy (non-hydrogen) atoms. The Hall–Kier alpha value is -2.36. The van der Waals surface area contributed by atoms with Gasteiger partial charge in [0.25, 0.3) is 5.91 Å². The van der Waals surface area contributed by atoms with Gasteiger partial charge in [0.2, 0.25) is 15.9 Å². The average molecular weight is 471 g/mol. The quantitative estimate of drug-likeness (QED) is 0.719. The molecule has 0 bridgehead atoms. The number of amides is 2. The minimum atomic E-state index is -3.45. The number of nitrogens with zero attached hydrogens (tertiary/aromatic N) is 3. The third-order valence-corrected chi connectivity index (χ3v) is 6.95. The zero-order chi connectivity index (χ0) is 22.1. The van der Waals surface area contributed by atoms with Crippen molar-refractivity contribution in [2.24, 2.45) is 0 Å². The van der Waals surface area contributed by atoms with E-state index in [4.69, 9.17) is 23.2 Å². The molecule has 0 atom stereocenters. The summed E-state index contributed by atoms with van der Waals surface area (Å²) < 4.78 is 25.5. The molecule has 1 aliphatic heterocycles. The fourth-order valence-corrected chi connectivity index (χ4v) is 5.15. The predicted molar refractivity (Wildman–Crippen MR) is 118 cm³/mol. The maximum atomic E-state index is 12.8. The minimum Gasteiger partial charge on any atom is -0.322 e. The highest BCUT2D eigenvalue weighted by atomic mass is 35.5. The third kappa shape index (κ3) is 4.69. The molecule has 1 saturated heterocycles. The fraction of sp³-hybridized carbons (Fsp3) is 0.316. The number of rotatable bonds is 5. The summed E-state index contributed by atoms with van der Waals surface area (Å²) in [6, 6.07) is 6.13. The molecule has 0 aliphatic carbocycles.